The standard InChI is InChI=1S/C19H23NO2/c1-5-22-17-10-8-16(9-11-17)19(21)20-15(4)18-12-13(2)6-7-14(18)3/h6-12,15H,5H2,1-4H3,(H,20,21). The first-order chi connectivity index (χ1) is 10.5. The second-order valence-corrected chi connectivity index (χ2v) is 5.51. The molecule has 0 saturated heterocycles. The molecule has 0 heterocycles. The predicted octanol–water partition coefficient (Wildman–Crippen LogP) is 4.19. The quantitative estimate of drug-likeness (QED) is 0.898. The lowest BCUT2D eigenvalue weighted by Crippen LogP contribution is -2.27. The molecule has 2 aromatic rings. The van der Waals surface area contributed by atoms with Gasteiger partial charge in [-0.15, -0.1) is 0 Å². The van der Waals surface area contributed by atoms with Crippen LogP contribution < -0.4 is 10.1 Å². The van der Waals surface area contributed by atoms with Crippen LogP contribution >= 0.6 is 0 Å². The number of hydrogen-bond acceptors (Lipinski definition) is 2. The fourth-order valence-electron chi connectivity index (χ4n) is 2.45. The van der Waals surface area contributed by atoms with Gasteiger partial charge in [0, 0.05) is 5.56 Å². The summed E-state index contributed by atoms with van der Waals surface area (Å²) in [7, 11) is 0. The van der Waals surface area contributed by atoms with Crippen molar-refractivity contribution in [1.29, 1.82) is 0 Å². The Labute approximate surface area is 132 Å². The van der Waals surface area contributed by atoms with Crippen LogP contribution in [0.15, 0.2) is 42.5 Å². The van der Waals surface area contributed by atoms with Gasteiger partial charge in [-0.3, -0.25) is 4.79 Å². The summed E-state index contributed by atoms with van der Waals surface area (Å²) in [5.41, 5.74) is 4.17. The maximum absolute atomic E-state index is 12.3. The minimum atomic E-state index is -0.0727. The molecule has 1 atom stereocenters. The number of carbonyl (C=O) groups excluding carboxylic acids is 1. The molecular formula is C19H23NO2. The SMILES string of the molecule is CCOc1ccc(C(=O)NC(C)c2cc(C)ccc2C)cc1. The van der Waals surface area contributed by atoms with Crippen molar-refractivity contribution < 1.29 is 9.53 Å². The first-order valence-electron chi connectivity index (χ1n) is 7.62. The van der Waals surface area contributed by atoms with E-state index in [4.69, 9.17) is 4.74 Å². The van der Waals surface area contributed by atoms with Gasteiger partial charge in [0.05, 0.1) is 12.6 Å². The number of hydrogen-bond donors (Lipinski definition) is 1. The van der Waals surface area contributed by atoms with Crippen LogP contribution in [-0.2, 0) is 0 Å². The van der Waals surface area contributed by atoms with Gasteiger partial charge >= 0.3 is 0 Å². The van der Waals surface area contributed by atoms with Crippen LogP contribution in [0.3, 0.4) is 0 Å². The van der Waals surface area contributed by atoms with Crippen molar-refractivity contribution in [1.82, 2.24) is 5.32 Å². The molecule has 0 fully saturated rings. The van der Waals surface area contributed by atoms with E-state index in [1.165, 1.54) is 11.1 Å². The Kier molecular flexibility index (Phi) is 5.21. The van der Waals surface area contributed by atoms with E-state index in [1.54, 1.807) is 12.1 Å². The van der Waals surface area contributed by atoms with Gasteiger partial charge in [0.25, 0.3) is 5.91 Å². The Bertz CT molecular complexity index is 647. The van der Waals surface area contributed by atoms with Crippen LogP contribution in [0.2, 0.25) is 0 Å². The lowest BCUT2D eigenvalue weighted by atomic mass is 10.00. The highest BCUT2D eigenvalue weighted by atomic mass is 16.5. The van der Waals surface area contributed by atoms with Crippen molar-refractivity contribution in [3.05, 3.63) is 64.7 Å². The maximum atomic E-state index is 12.3. The topological polar surface area (TPSA) is 38.3 Å². The minimum Gasteiger partial charge on any atom is -0.494 e. The lowest BCUT2D eigenvalue weighted by molar-refractivity contribution is 0.0940. The highest BCUT2D eigenvalue weighted by Crippen LogP contribution is 2.20. The highest BCUT2D eigenvalue weighted by molar-refractivity contribution is 5.94. The van der Waals surface area contributed by atoms with Gasteiger partial charge in [-0.05, 0) is 63.1 Å². The zero-order chi connectivity index (χ0) is 16.1. The zero-order valence-corrected chi connectivity index (χ0v) is 13.6. The Balaban J connectivity index is 2.09. The Morgan fingerprint density at radius 1 is 1.14 bits per heavy atom. The number of amides is 1. The van der Waals surface area contributed by atoms with E-state index in [1.807, 2.05) is 26.0 Å². The third-order valence-electron chi connectivity index (χ3n) is 3.68. The number of rotatable bonds is 5. The largest absolute Gasteiger partial charge is 0.494 e. The summed E-state index contributed by atoms with van der Waals surface area (Å²) in [6.45, 7) is 8.69. The van der Waals surface area contributed by atoms with Crippen LogP contribution in [-0.4, -0.2) is 12.5 Å². The average molecular weight is 297 g/mol. The van der Waals surface area contributed by atoms with Gasteiger partial charge in [-0.2, -0.15) is 0 Å². The maximum Gasteiger partial charge on any atom is 0.251 e. The third kappa shape index (κ3) is 3.88. The molecule has 0 aromatic heterocycles. The summed E-state index contributed by atoms with van der Waals surface area (Å²) in [4.78, 5) is 12.3. The van der Waals surface area contributed by atoms with E-state index in [-0.39, 0.29) is 11.9 Å². The number of benzene rings is 2. The highest BCUT2D eigenvalue weighted by Gasteiger charge is 2.13. The van der Waals surface area contributed by atoms with Crippen LogP contribution in [0.4, 0.5) is 0 Å². The smallest absolute Gasteiger partial charge is 0.251 e. The van der Waals surface area contributed by atoms with Crippen molar-refractivity contribution in [3.8, 4) is 5.75 Å². The van der Waals surface area contributed by atoms with E-state index < -0.39 is 0 Å². The fourth-order valence-corrected chi connectivity index (χ4v) is 2.45. The van der Waals surface area contributed by atoms with Crippen molar-refractivity contribution >= 4 is 5.91 Å². The second kappa shape index (κ2) is 7.12. The van der Waals surface area contributed by atoms with Gasteiger partial charge < -0.3 is 10.1 Å². The zero-order valence-electron chi connectivity index (χ0n) is 13.6. The van der Waals surface area contributed by atoms with E-state index in [2.05, 4.69) is 37.4 Å². The normalized spacial score (nSPS) is 11.8. The van der Waals surface area contributed by atoms with Gasteiger partial charge in [0.2, 0.25) is 0 Å². The van der Waals surface area contributed by atoms with Crippen LogP contribution in [0, 0.1) is 13.8 Å². The number of carbonyl (C=O) groups is 1. The summed E-state index contributed by atoms with van der Waals surface area (Å²) in [5.74, 6) is 0.707. The molecule has 1 unspecified atom stereocenters. The molecule has 116 valence electrons. The summed E-state index contributed by atoms with van der Waals surface area (Å²) in [5, 5.41) is 3.05. The number of aryl methyl sites for hydroxylation is 2. The van der Waals surface area contributed by atoms with Crippen molar-refractivity contribution in [3.63, 3.8) is 0 Å². The van der Waals surface area contributed by atoms with Gasteiger partial charge in [0.15, 0.2) is 0 Å². The molecule has 0 radical (unpaired) electrons. The molecule has 2 rings (SSSR count). The van der Waals surface area contributed by atoms with E-state index in [9.17, 15) is 4.79 Å². The molecule has 0 aliphatic rings. The molecule has 0 bridgehead atoms. The first kappa shape index (κ1) is 16.1. The Morgan fingerprint density at radius 2 is 1.82 bits per heavy atom. The summed E-state index contributed by atoms with van der Waals surface area (Å²) < 4.78 is 5.39. The third-order valence-corrected chi connectivity index (χ3v) is 3.68. The summed E-state index contributed by atoms with van der Waals surface area (Å²) in [6, 6.07) is 13.5. The van der Waals surface area contributed by atoms with Crippen LogP contribution in [0.5, 0.6) is 5.75 Å². The molecule has 3 nitrogen and oxygen atoms in total. The molecule has 3 heteroatoms. The number of ether oxygens (including phenoxy) is 1. The van der Waals surface area contributed by atoms with Crippen molar-refractivity contribution in [2.45, 2.75) is 33.7 Å². The van der Waals surface area contributed by atoms with Gasteiger partial charge in [0.1, 0.15) is 5.75 Å². The average Bonchev–Trinajstić information content (AvgIpc) is 2.50. The molecule has 1 N–H and O–H groups in total. The first-order valence-corrected chi connectivity index (χ1v) is 7.62. The van der Waals surface area contributed by atoms with Crippen LogP contribution in [0.25, 0.3) is 0 Å². The monoisotopic (exact) mass is 297 g/mol. The minimum absolute atomic E-state index is 0.0287. The molecule has 22 heavy (non-hydrogen) atoms. The van der Waals surface area contributed by atoms with E-state index >= 15 is 0 Å². The molecule has 0 spiro atoms. The molecule has 0 saturated carbocycles. The van der Waals surface area contributed by atoms with Crippen molar-refractivity contribution in [2.75, 3.05) is 6.61 Å². The Morgan fingerprint density at radius 3 is 2.45 bits per heavy atom. The molecule has 0 aliphatic carbocycles. The van der Waals surface area contributed by atoms with Crippen molar-refractivity contribution in [2.24, 2.45) is 0 Å². The molecule has 1 amide bonds. The summed E-state index contributed by atoms with van der Waals surface area (Å²) >= 11 is 0. The molecule has 0 aliphatic heterocycles. The van der Waals surface area contributed by atoms with E-state index in [0.29, 0.717) is 12.2 Å². The van der Waals surface area contributed by atoms with E-state index in [0.717, 1.165) is 11.3 Å². The fraction of sp³-hybridized carbons (Fsp3) is 0.316. The predicted molar refractivity (Wildman–Crippen MR) is 89.4 cm³/mol. The molecular weight excluding hydrogens is 274 g/mol. The summed E-state index contributed by atoms with van der Waals surface area (Å²) in [6.07, 6.45) is 0. The van der Waals surface area contributed by atoms with Gasteiger partial charge in [-0.25, -0.2) is 0 Å². The Hall–Kier alpha value is -2.29. The second-order valence-electron chi connectivity index (χ2n) is 5.51. The lowest BCUT2D eigenvalue weighted by Gasteiger charge is -2.17. The van der Waals surface area contributed by atoms with Crippen LogP contribution in [0.1, 0.15) is 46.9 Å². The van der Waals surface area contributed by atoms with Gasteiger partial charge in [-0.1, -0.05) is 23.8 Å². The number of nitrogens with one attached hydrogen (secondary N) is 1. The molecule has 2 aromatic carbocycles.